The predicted octanol–water partition coefficient (Wildman–Crippen LogP) is 2.71. The van der Waals surface area contributed by atoms with E-state index in [2.05, 4.69) is 27.0 Å². The first-order valence-corrected chi connectivity index (χ1v) is 8.97. The molecule has 0 aromatic carbocycles. The second-order valence-electron chi connectivity index (χ2n) is 6.36. The van der Waals surface area contributed by atoms with Crippen LogP contribution < -0.4 is 5.32 Å². The van der Waals surface area contributed by atoms with E-state index in [9.17, 15) is 4.79 Å². The fourth-order valence-corrected chi connectivity index (χ4v) is 3.97. The lowest BCUT2D eigenvalue weighted by Crippen LogP contribution is -2.41. The van der Waals surface area contributed by atoms with E-state index < -0.39 is 0 Å². The third-order valence-electron chi connectivity index (χ3n) is 4.54. The van der Waals surface area contributed by atoms with Gasteiger partial charge in [0.05, 0.1) is 5.75 Å². The van der Waals surface area contributed by atoms with Gasteiger partial charge in [-0.1, -0.05) is 31.5 Å². The average molecular weight is 308 g/mol. The van der Waals surface area contributed by atoms with E-state index in [0.717, 1.165) is 17.4 Å². The Morgan fingerprint density at radius 1 is 1.29 bits per heavy atom. The van der Waals surface area contributed by atoms with Crippen LogP contribution in [0.15, 0.2) is 5.16 Å². The maximum atomic E-state index is 12.1. The molecule has 2 aliphatic rings. The van der Waals surface area contributed by atoms with Crippen LogP contribution in [0, 0.1) is 12.8 Å². The van der Waals surface area contributed by atoms with Crippen LogP contribution in [0.2, 0.25) is 0 Å². The Kier molecular flexibility index (Phi) is 4.52. The van der Waals surface area contributed by atoms with Crippen molar-refractivity contribution in [3.8, 4) is 0 Å². The molecule has 0 aliphatic heterocycles. The molecule has 0 unspecified atom stereocenters. The van der Waals surface area contributed by atoms with Gasteiger partial charge < -0.3 is 9.88 Å². The first-order chi connectivity index (χ1) is 10.1. The molecule has 0 saturated heterocycles. The van der Waals surface area contributed by atoms with E-state index in [-0.39, 0.29) is 5.91 Å². The summed E-state index contributed by atoms with van der Waals surface area (Å²) in [6.45, 7) is 4.23. The molecule has 6 heteroatoms. The van der Waals surface area contributed by atoms with E-state index in [1.165, 1.54) is 43.9 Å². The van der Waals surface area contributed by atoms with Gasteiger partial charge in [-0.3, -0.25) is 4.79 Å². The summed E-state index contributed by atoms with van der Waals surface area (Å²) in [4.78, 5) is 12.1. The summed E-state index contributed by atoms with van der Waals surface area (Å²) in [5, 5.41) is 12.4. The van der Waals surface area contributed by atoms with Gasteiger partial charge in [-0.05, 0) is 38.5 Å². The maximum absolute atomic E-state index is 12.1. The predicted molar refractivity (Wildman–Crippen MR) is 83.3 cm³/mol. The van der Waals surface area contributed by atoms with Crippen LogP contribution in [-0.2, 0) is 4.79 Å². The molecule has 0 bridgehead atoms. The molecule has 5 nitrogen and oxygen atoms in total. The van der Waals surface area contributed by atoms with Crippen LogP contribution in [0.4, 0.5) is 0 Å². The standard InChI is InChI=1S/C15H24N4OS/c1-10-5-3-4-6-13(10)16-14(20)9-21-15-18-17-11(2)19(15)12-7-8-12/h10,12-13H,3-9H2,1-2H3,(H,16,20)/t10-,13+/m0/s1. The molecule has 2 aliphatic carbocycles. The summed E-state index contributed by atoms with van der Waals surface area (Å²) in [6, 6.07) is 0.916. The molecule has 2 saturated carbocycles. The first kappa shape index (κ1) is 14.9. The van der Waals surface area contributed by atoms with Crippen molar-refractivity contribution in [2.75, 3.05) is 5.75 Å². The van der Waals surface area contributed by atoms with Crippen molar-refractivity contribution in [2.45, 2.75) is 69.6 Å². The number of aromatic nitrogens is 3. The lowest BCUT2D eigenvalue weighted by atomic mass is 9.86. The largest absolute Gasteiger partial charge is 0.352 e. The monoisotopic (exact) mass is 308 g/mol. The number of hydrogen-bond acceptors (Lipinski definition) is 4. The second-order valence-corrected chi connectivity index (χ2v) is 7.30. The average Bonchev–Trinajstić information content (AvgIpc) is 3.23. The van der Waals surface area contributed by atoms with Gasteiger partial charge in [0.1, 0.15) is 5.82 Å². The van der Waals surface area contributed by atoms with Crippen molar-refractivity contribution in [1.29, 1.82) is 0 Å². The number of carbonyl (C=O) groups excluding carboxylic acids is 1. The molecule has 2 fully saturated rings. The van der Waals surface area contributed by atoms with E-state index >= 15 is 0 Å². The smallest absolute Gasteiger partial charge is 0.230 e. The minimum Gasteiger partial charge on any atom is -0.352 e. The quantitative estimate of drug-likeness (QED) is 0.850. The van der Waals surface area contributed by atoms with Gasteiger partial charge in [0.25, 0.3) is 0 Å². The third kappa shape index (κ3) is 3.59. The molecule has 116 valence electrons. The van der Waals surface area contributed by atoms with Gasteiger partial charge in [-0.2, -0.15) is 0 Å². The number of nitrogens with zero attached hydrogens (tertiary/aromatic N) is 3. The van der Waals surface area contributed by atoms with Crippen LogP contribution in [0.3, 0.4) is 0 Å². The Morgan fingerprint density at radius 3 is 2.76 bits per heavy atom. The van der Waals surface area contributed by atoms with Crippen LogP contribution in [0.1, 0.15) is 57.3 Å². The molecule has 1 aromatic heterocycles. The Bertz CT molecular complexity index is 512. The van der Waals surface area contributed by atoms with Gasteiger partial charge in [0, 0.05) is 12.1 Å². The highest BCUT2D eigenvalue weighted by Crippen LogP contribution is 2.38. The molecule has 0 spiro atoms. The SMILES string of the molecule is Cc1nnc(SCC(=O)N[C@@H]2CCCC[C@@H]2C)n1C1CC1. The number of hydrogen-bond donors (Lipinski definition) is 1. The summed E-state index contributed by atoms with van der Waals surface area (Å²) < 4.78 is 2.18. The van der Waals surface area contributed by atoms with Crippen LogP contribution >= 0.6 is 11.8 Å². The molecule has 3 rings (SSSR count). The molecule has 1 N–H and O–H groups in total. The molecular formula is C15H24N4OS. The van der Waals surface area contributed by atoms with Crippen molar-refractivity contribution >= 4 is 17.7 Å². The zero-order valence-corrected chi connectivity index (χ0v) is 13.7. The van der Waals surface area contributed by atoms with Crippen molar-refractivity contribution in [3.05, 3.63) is 5.82 Å². The van der Waals surface area contributed by atoms with Crippen LogP contribution in [-0.4, -0.2) is 32.5 Å². The van der Waals surface area contributed by atoms with E-state index in [4.69, 9.17) is 0 Å². The number of rotatable bonds is 5. The van der Waals surface area contributed by atoms with Crippen molar-refractivity contribution < 1.29 is 4.79 Å². The minimum absolute atomic E-state index is 0.127. The topological polar surface area (TPSA) is 59.8 Å². The lowest BCUT2D eigenvalue weighted by Gasteiger charge is -2.29. The van der Waals surface area contributed by atoms with Crippen molar-refractivity contribution in [2.24, 2.45) is 5.92 Å². The number of nitrogens with one attached hydrogen (secondary N) is 1. The zero-order chi connectivity index (χ0) is 14.8. The number of thioether (sulfide) groups is 1. The van der Waals surface area contributed by atoms with Crippen molar-refractivity contribution in [1.82, 2.24) is 20.1 Å². The van der Waals surface area contributed by atoms with Gasteiger partial charge in [0.15, 0.2) is 5.16 Å². The van der Waals surface area contributed by atoms with Gasteiger partial charge in [-0.15, -0.1) is 10.2 Å². The highest BCUT2D eigenvalue weighted by atomic mass is 32.2. The molecule has 1 heterocycles. The molecular weight excluding hydrogens is 284 g/mol. The number of aryl methyl sites for hydroxylation is 1. The Balaban J connectivity index is 1.51. The van der Waals surface area contributed by atoms with Gasteiger partial charge in [0.2, 0.25) is 5.91 Å². The van der Waals surface area contributed by atoms with E-state index in [0.29, 0.717) is 23.8 Å². The third-order valence-corrected chi connectivity index (χ3v) is 5.48. The maximum Gasteiger partial charge on any atom is 0.230 e. The highest BCUT2D eigenvalue weighted by molar-refractivity contribution is 7.99. The molecule has 2 atom stereocenters. The molecule has 0 radical (unpaired) electrons. The summed E-state index contributed by atoms with van der Waals surface area (Å²) in [6.07, 6.45) is 7.29. The summed E-state index contributed by atoms with van der Waals surface area (Å²) in [7, 11) is 0. The second kappa shape index (κ2) is 6.38. The van der Waals surface area contributed by atoms with E-state index in [1.807, 2.05) is 6.92 Å². The number of carbonyl (C=O) groups is 1. The highest BCUT2D eigenvalue weighted by Gasteiger charge is 2.29. The lowest BCUT2D eigenvalue weighted by molar-refractivity contribution is -0.119. The normalized spacial score (nSPS) is 25.8. The van der Waals surface area contributed by atoms with Gasteiger partial charge >= 0.3 is 0 Å². The van der Waals surface area contributed by atoms with Crippen LogP contribution in [0.25, 0.3) is 0 Å². The summed E-state index contributed by atoms with van der Waals surface area (Å²) >= 11 is 1.51. The van der Waals surface area contributed by atoms with Crippen LogP contribution in [0.5, 0.6) is 0 Å². The fourth-order valence-electron chi connectivity index (χ4n) is 3.11. The summed E-state index contributed by atoms with van der Waals surface area (Å²) in [5.74, 6) is 2.13. The fraction of sp³-hybridized carbons (Fsp3) is 0.800. The Hall–Kier alpha value is -1.04. The summed E-state index contributed by atoms with van der Waals surface area (Å²) in [5.41, 5.74) is 0. The molecule has 21 heavy (non-hydrogen) atoms. The number of amides is 1. The van der Waals surface area contributed by atoms with Crippen molar-refractivity contribution in [3.63, 3.8) is 0 Å². The Labute approximate surface area is 130 Å². The molecule has 1 aromatic rings. The minimum atomic E-state index is 0.127. The Morgan fingerprint density at radius 2 is 2.05 bits per heavy atom. The first-order valence-electron chi connectivity index (χ1n) is 7.99. The zero-order valence-electron chi connectivity index (χ0n) is 12.8. The van der Waals surface area contributed by atoms with Gasteiger partial charge in [-0.25, -0.2) is 0 Å². The van der Waals surface area contributed by atoms with E-state index in [1.54, 1.807) is 0 Å². The molecule has 1 amide bonds.